The van der Waals surface area contributed by atoms with Crippen LogP contribution < -0.4 is 11.1 Å². The third-order valence-electron chi connectivity index (χ3n) is 2.16. The Kier molecular flexibility index (Phi) is 5.42. The largest absolute Gasteiger partial charge is 0.330 e. The molecule has 1 heterocycles. The van der Waals surface area contributed by atoms with Crippen molar-refractivity contribution in [3.8, 4) is 0 Å². The van der Waals surface area contributed by atoms with Gasteiger partial charge in [-0.1, -0.05) is 0 Å². The molecule has 1 aromatic heterocycles. The van der Waals surface area contributed by atoms with Crippen LogP contribution in [0, 0.1) is 6.92 Å². The Morgan fingerprint density at radius 3 is 2.94 bits per heavy atom. The number of anilines is 1. The van der Waals surface area contributed by atoms with Crippen LogP contribution in [-0.2, 0) is 4.79 Å². The summed E-state index contributed by atoms with van der Waals surface area (Å²) in [6.45, 7) is 2.54. The van der Waals surface area contributed by atoms with Gasteiger partial charge in [0.15, 0.2) is 0 Å². The predicted octanol–water partition coefficient (Wildman–Crippen LogP) is 2.22. The Hall–Kier alpha value is -0.940. The van der Waals surface area contributed by atoms with Gasteiger partial charge in [0, 0.05) is 17.1 Å². The van der Waals surface area contributed by atoms with E-state index in [0.29, 0.717) is 18.8 Å². The fraction of sp³-hybridized carbons (Fsp3) is 0.455. The van der Waals surface area contributed by atoms with Crippen molar-refractivity contribution in [2.24, 2.45) is 5.73 Å². The van der Waals surface area contributed by atoms with E-state index in [1.165, 1.54) is 0 Å². The number of nitrogens with two attached hydrogens (primary N) is 1. The van der Waals surface area contributed by atoms with Crippen LogP contribution in [0.2, 0.25) is 0 Å². The number of aryl methyl sites for hydroxylation is 1. The third-order valence-corrected chi connectivity index (χ3v) is 2.59. The molecule has 0 fully saturated rings. The number of pyridine rings is 1. The summed E-state index contributed by atoms with van der Waals surface area (Å²) < 4.78 is 0.908. The summed E-state index contributed by atoms with van der Waals surface area (Å²) in [5.74, 6) is 0.618. The molecule has 88 valence electrons. The molecular formula is C11H16BrN3O. The van der Waals surface area contributed by atoms with Gasteiger partial charge in [-0.15, -0.1) is 0 Å². The number of rotatable bonds is 5. The van der Waals surface area contributed by atoms with Crippen LogP contribution >= 0.6 is 15.9 Å². The molecule has 0 bridgehead atoms. The highest BCUT2D eigenvalue weighted by Gasteiger charge is 2.05. The van der Waals surface area contributed by atoms with Crippen molar-refractivity contribution in [2.75, 3.05) is 11.9 Å². The molecule has 0 saturated carbocycles. The first-order valence-electron chi connectivity index (χ1n) is 5.25. The van der Waals surface area contributed by atoms with Crippen LogP contribution in [-0.4, -0.2) is 17.4 Å². The average molecular weight is 286 g/mol. The number of nitrogens with zero attached hydrogens (tertiary/aromatic N) is 1. The van der Waals surface area contributed by atoms with Crippen molar-refractivity contribution in [1.29, 1.82) is 0 Å². The van der Waals surface area contributed by atoms with Gasteiger partial charge in [0.2, 0.25) is 5.91 Å². The Morgan fingerprint density at radius 1 is 1.56 bits per heavy atom. The van der Waals surface area contributed by atoms with Crippen LogP contribution in [0.5, 0.6) is 0 Å². The number of nitrogens with one attached hydrogen (secondary N) is 1. The monoisotopic (exact) mass is 285 g/mol. The first-order valence-corrected chi connectivity index (χ1v) is 6.05. The van der Waals surface area contributed by atoms with Crippen LogP contribution in [0.3, 0.4) is 0 Å². The maximum Gasteiger partial charge on any atom is 0.225 e. The van der Waals surface area contributed by atoms with Crippen LogP contribution in [0.4, 0.5) is 5.82 Å². The van der Waals surface area contributed by atoms with E-state index in [0.717, 1.165) is 22.9 Å². The van der Waals surface area contributed by atoms with Gasteiger partial charge in [-0.2, -0.15) is 0 Å². The number of hydrogen-bond donors (Lipinski definition) is 2. The van der Waals surface area contributed by atoms with E-state index in [2.05, 4.69) is 26.2 Å². The number of aromatic nitrogens is 1. The molecule has 0 atom stereocenters. The lowest BCUT2D eigenvalue weighted by molar-refractivity contribution is -0.116. The maximum absolute atomic E-state index is 11.5. The maximum atomic E-state index is 11.5. The standard InChI is InChI=1S/C11H16BrN3O/c1-8-6-9(12)7-14-11(8)15-10(16)4-2-3-5-13/h6-7H,2-5,13H2,1H3,(H,14,15,16). The minimum Gasteiger partial charge on any atom is -0.330 e. The summed E-state index contributed by atoms with van der Waals surface area (Å²) in [4.78, 5) is 15.7. The molecule has 3 N–H and O–H groups in total. The second-order valence-electron chi connectivity index (χ2n) is 3.61. The summed E-state index contributed by atoms with van der Waals surface area (Å²) in [5, 5.41) is 2.78. The number of unbranched alkanes of at least 4 members (excludes halogenated alkanes) is 1. The van der Waals surface area contributed by atoms with Gasteiger partial charge in [-0.05, 0) is 53.9 Å². The number of hydrogen-bond acceptors (Lipinski definition) is 3. The van der Waals surface area contributed by atoms with Gasteiger partial charge in [-0.3, -0.25) is 4.79 Å². The number of carbonyl (C=O) groups excluding carboxylic acids is 1. The zero-order valence-electron chi connectivity index (χ0n) is 9.29. The molecule has 0 radical (unpaired) electrons. The minimum atomic E-state index is -0.00799. The van der Waals surface area contributed by atoms with E-state index < -0.39 is 0 Å². The molecule has 0 aromatic carbocycles. The zero-order valence-corrected chi connectivity index (χ0v) is 10.9. The molecular weight excluding hydrogens is 270 g/mol. The second-order valence-corrected chi connectivity index (χ2v) is 4.53. The summed E-state index contributed by atoms with van der Waals surface area (Å²) >= 11 is 3.32. The van der Waals surface area contributed by atoms with Crippen molar-refractivity contribution in [3.05, 3.63) is 22.3 Å². The molecule has 0 saturated heterocycles. The first-order chi connectivity index (χ1) is 7.63. The lowest BCUT2D eigenvalue weighted by Gasteiger charge is -2.07. The van der Waals surface area contributed by atoms with E-state index in [1.807, 2.05) is 13.0 Å². The highest BCUT2D eigenvalue weighted by molar-refractivity contribution is 9.10. The Morgan fingerprint density at radius 2 is 2.31 bits per heavy atom. The van der Waals surface area contributed by atoms with E-state index >= 15 is 0 Å². The number of halogens is 1. The topological polar surface area (TPSA) is 68.0 Å². The van der Waals surface area contributed by atoms with E-state index in [4.69, 9.17) is 5.73 Å². The fourth-order valence-electron chi connectivity index (χ4n) is 1.30. The van der Waals surface area contributed by atoms with Gasteiger partial charge in [0.25, 0.3) is 0 Å². The minimum absolute atomic E-state index is 0.00799. The molecule has 16 heavy (non-hydrogen) atoms. The first kappa shape index (κ1) is 13.1. The van der Waals surface area contributed by atoms with Gasteiger partial charge >= 0.3 is 0 Å². The van der Waals surface area contributed by atoms with Crippen molar-refractivity contribution in [3.63, 3.8) is 0 Å². The molecule has 0 spiro atoms. The van der Waals surface area contributed by atoms with Gasteiger partial charge in [-0.25, -0.2) is 4.98 Å². The average Bonchev–Trinajstić information content (AvgIpc) is 2.23. The van der Waals surface area contributed by atoms with Crippen molar-refractivity contribution >= 4 is 27.7 Å². The van der Waals surface area contributed by atoms with Crippen molar-refractivity contribution < 1.29 is 4.79 Å². The summed E-state index contributed by atoms with van der Waals surface area (Å²) in [7, 11) is 0. The molecule has 0 aliphatic carbocycles. The molecule has 1 rings (SSSR count). The SMILES string of the molecule is Cc1cc(Br)cnc1NC(=O)CCCCN. The Bertz CT molecular complexity index is 368. The Balaban J connectivity index is 2.49. The molecule has 1 amide bonds. The predicted molar refractivity (Wildman–Crippen MR) is 68.2 cm³/mol. The lowest BCUT2D eigenvalue weighted by atomic mass is 10.2. The van der Waals surface area contributed by atoms with E-state index in [1.54, 1.807) is 6.20 Å². The Labute approximate surface area is 104 Å². The quantitative estimate of drug-likeness (QED) is 0.815. The van der Waals surface area contributed by atoms with Crippen LogP contribution in [0.25, 0.3) is 0 Å². The van der Waals surface area contributed by atoms with Gasteiger partial charge < -0.3 is 11.1 Å². The highest BCUT2D eigenvalue weighted by Crippen LogP contribution is 2.16. The molecule has 5 heteroatoms. The van der Waals surface area contributed by atoms with E-state index in [-0.39, 0.29) is 5.91 Å². The lowest BCUT2D eigenvalue weighted by Crippen LogP contribution is -2.13. The summed E-state index contributed by atoms with van der Waals surface area (Å²) in [5.41, 5.74) is 6.30. The van der Waals surface area contributed by atoms with Crippen molar-refractivity contribution in [1.82, 2.24) is 4.98 Å². The molecule has 4 nitrogen and oxygen atoms in total. The fourth-order valence-corrected chi connectivity index (χ4v) is 1.74. The molecule has 0 aliphatic heterocycles. The second kappa shape index (κ2) is 6.60. The summed E-state index contributed by atoms with van der Waals surface area (Å²) in [6, 6.07) is 1.92. The highest BCUT2D eigenvalue weighted by atomic mass is 79.9. The smallest absolute Gasteiger partial charge is 0.225 e. The van der Waals surface area contributed by atoms with Crippen LogP contribution in [0.1, 0.15) is 24.8 Å². The number of amides is 1. The van der Waals surface area contributed by atoms with Gasteiger partial charge in [0.1, 0.15) is 5.82 Å². The van der Waals surface area contributed by atoms with Crippen molar-refractivity contribution in [2.45, 2.75) is 26.2 Å². The normalized spacial score (nSPS) is 10.2. The number of carbonyl (C=O) groups is 1. The zero-order chi connectivity index (χ0) is 12.0. The third kappa shape index (κ3) is 4.28. The molecule has 0 unspecified atom stereocenters. The van der Waals surface area contributed by atoms with Crippen LogP contribution in [0.15, 0.2) is 16.7 Å². The molecule has 1 aromatic rings. The summed E-state index contributed by atoms with van der Waals surface area (Å²) in [6.07, 6.45) is 3.86. The van der Waals surface area contributed by atoms with Gasteiger partial charge in [0.05, 0.1) is 0 Å². The van der Waals surface area contributed by atoms with E-state index in [9.17, 15) is 4.79 Å². The molecule has 0 aliphatic rings.